The average Bonchev–Trinajstić information content (AvgIpc) is 2.63. The molecule has 2 aromatic rings. The number of guanidine groups is 1. The predicted molar refractivity (Wildman–Crippen MR) is 101 cm³/mol. The van der Waals surface area contributed by atoms with Gasteiger partial charge in [0.2, 0.25) is 0 Å². The molecule has 0 radical (unpaired) electrons. The molecule has 27 heavy (non-hydrogen) atoms. The Balaban J connectivity index is 1.94. The number of nitrogens with zero attached hydrogens (tertiary/aromatic N) is 1. The molecule has 0 aromatic heterocycles. The molecule has 0 amide bonds. The second kappa shape index (κ2) is 10.2. The van der Waals surface area contributed by atoms with Gasteiger partial charge in [0.15, 0.2) is 17.5 Å². The first-order valence-electron chi connectivity index (χ1n) is 8.58. The summed E-state index contributed by atoms with van der Waals surface area (Å²) in [5.41, 5.74) is 6.51. The molecule has 8 heteroatoms. The van der Waals surface area contributed by atoms with Gasteiger partial charge in [0.1, 0.15) is 23.9 Å². The normalized spacial score (nSPS) is 11.2. The van der Waals surface area contributed by atoms with Crippen molar-refractivity contribution in [3.8, 4) is 17.2 Å². The molecular weight excluding hydrogens is 356 g/mol. The van der Waals surface area contributed by atoms with Gasteiger partial charge in [-0.2, -0.15) is 0 Å². The fourth-order valence-corrected chi connectivity index (χ4v) is 2.24. The van der Waals surface area contributed by atoms with Crippen LogP contribution in [0.15, 0.2) is 41.4 Å². The summed E-state index contributed by atoms with van der Waals surface area (Å²) in [5, 5.41) is 2.96. The fourth-order valence-electron chi connectivity index (χ4n) is 2.24. The van der Waals surface area contributed by atoms with Gasteiger partial charge in [-0.3, -0.25) is 0 Å². The van der Waals surface area contributed by atoms with Crippen LogP contribution in [0.1, 0.15) is 13.8 Å². The van der Waals surface area contributed by atoms with Gasteiger partial charge < -0.3 is 25.3 Å². The summed E-state index contributed by atoms with van der Waals surface area (Å²) in [6, 6.07) is 8.46. The Bertz CT molecular complexity index is 785. The first-order valence-corrected chi connectivity index (χ1v) is 8.58. The number of nitrogens with one attached hydrogen (secondary N) is 1. The zero-order valence-electron chi connectivity index (χ0n) is 15.3. The highest BCUT2D eigenvalue weighted by molar-refractivity contribution is 5.94. The third kappa shape index (κ3) is 6.32. The Kier molecular flexibility index (Phi) is 7.66. The Morgan fingerprint density at radius 2 is 1.74 bits per heavy atom. The molecule has 0 aliphatic rings. The van der Waals surface area contributed by atoms with Crippen LogP contribution in [0.4, 0.5) is 14.5 Å². The maximum Gasteiger partial charge on any atom is 0.193 e. The quantitative estimate of drug-likeness (QED) is 0.396. The van der Waals surface area contributed by atoms with Crippen LogP contribution < -0.4 is 25.3 Å². The summed E-state index contributed by atoms with van der Waals surface area (Å²) < 4.78 is 42.6. The predicted octanol–water partition coefficient (Wildman–Crippen LogP) is 3.57. The Hall–Kier alpha value is -3.03. The molecule has 0 aliphatic heterocycles. The van der Waals surface area contributed by atoms with Crippen LogP contribution >= 0.6 is 0 Å². The highest BCUT2D eigenvalue weighted by Gasteiger charge is 2.08. The van der Waals surface area contributed by atoms with E-state index in [0.29, 0.717) is 30.4 Å². The summed E-state index contributed by atoms with van der Waals surface area (Å²) in [6.07, 6.45) is 0. The number of hydrogen-bond acceptors (Lipinski definition) is 4. The third-order valence-electron chi connectivity index (χ3n) is 3.35. The van der Waals surface area contributed by atoms with Gasteiger partial charge in [0, 0.05) is 12.1 Å². The lowest BCUT2D eigenvalue weighted by molar-refractivity contribution is 0.310. The molecule has 0 heterocycles. The van der Waals surface area contributed by atoms with Crippen LogP contribution in [0.3, 0.4) is 0 Å². The van der Waals surface area contributed by atoms with E-state index in [0.717, 1.165) is 12.1 Å². The number of aliphatic imine (C=N–C) groups is 1. The number of rotatable bonds is 9. The minimum absolute atomic E-state index is 0.0406. The van der Waals surface area contributed by atoms with E-state index in [1.165, 1.54) is 6.07 Å². The minimum Gasteiger partial charge on any atom is -0.494 e. The molecule has 0 saturated carbocycles. The van der Waals surface area contributed by atoms with Gasteiger partial charge in [0.05, 0.1) is 25.4 Å². The van der Waals surface area contributed by atoms with Crippen LogP contribution in [-0.2, 0) is 0 Å². The topological polar surface area (TPSA) is 78.1 Å². The van der Waals surface area contributed by atoms with Gasteiger partial charge in [0.25, 0.3) is 0 Å². The molecule has 146 valence electrons. The summed E-state index contributed by atoms with van der Waals surface area (Å²) in [5.74, 6) is -0.0334. The molecule has 2 aromatic carbocycles. The number of halogens is 2. The Labute approximate surface area is 156 Å². The van der Waals surface area contributed by atoms with Gasteiger partial charge in [-0.15, -0.1) is 0 Å². The third-order valence-corrected chi connectivity index (χ3v) is 3.35. The SMILES string of the molecule is CCOc1ccc(OCC)c(NC(N)=NCCOc2ccc(F)cc2F)c1. The van der Waals surface area contributed by atoms with Crippen molar-refractivity contribution in [2.45, 2.75) is 13.8 Å². The van der Waals surface area contributed by atoms with Crippen LogP contribution in [0.5, 0.6) is 17.2 Å². The minimum atomic E-state index is -0.765. The molecule has 2 rings (SSSR count). The van der Waals surface area contributed by atoms with Crippen LogP contribution in [0, 0.1) is 11.6 Å². The highest BCUT2D eigenvalue weighted by atomic mass is 19.1. The Morgan fingerprint density at radius 1 is 1.00 bits per heavy atom. The van der Waals surface area contributed by atoms with Crippen molar-refractivity contribution in [2.24, 2.45) is 10.7 Å². The van der Waals surface area contributed by atoms with Crippen molar-refractivity contribution >= 4 is 11.6 Å². The standard InChI is InChI=1S/C19H23F2N3O3/c1-3-25-14-6-8-18(26-4-2)16(12-14)24-19(22)23-9-10-27-17-7-5-13(20)11-15(17)21/h5-8,11-12H,3-4,9-10H2,1-2H3,(H3,22,23,24). The summed E-state index contributed by atoms with van der Waals surface area (Å²) in [6.45, 7) is 5.07. The molecular formula is C19H23F2N3O3. The number of anilines is 1. The molecule has 3 N–H and O–H groups in total. The van der Waals surface area contributed by atoms with Crippen molar-refractivity contribution in [3.63, 3.8) is 0 Å². The lowest BCUT2D eigenvalue weighted by atomic mass is 10.2. The van der Waals surface area contributed by atoms with Crippen molar-refractivity contribution in [3.05, 3.63) is 48.0 Å². The lowest BCUT2D eigenvalue weighted by Gasteiger charge is -2.14. The zero-order chi connectivity index (χ0) is 19.6. The van der Waals surface area contributed by atoms with E-state index in [4.69, 9.17) is 19.9 Å². The second-order valence-electron chi connectivity index (χ2n) is 5.34. The summed E-state index contributed by atoms with van der Waals surface area (Å²) in [4.78, 5) is 4.12. The first kappa shape index (κ1) is 20.3. The van der Waals surface area contributed by atoms with E-state index >= 15 is 0 Å². The van der Waals surface area contributed by atoms with E-state index in [2.05, 4.69) is 10.3 Å². The van der Waals surface area contributed by atoms with Crippen molar-refractivity contribution in [1.82, 2.24) is 0 Å². The molecule has 0 unspecified atom stereocenters. The van der Waals surface area contributed by atoms with Crippen LogP contribution in [-0.4, -0.2) is 32.3 Å². The zero-order valence-corrected chi connectivity index (χ0v) is 15.3. The number of nitrogens with two attached hydrogens (primary N) is 1. The number of hydrogen-bond donors (Lipinski definition) is 2. The van der Waals surface area contributed by atoms with Crippen molar-refractivity contribution < 1.29 is 23.0 Å². The molecule has 0 saturated heterocycles. The second-order valence-corrected chi connectivity index (χ2v) is 5.34. The smallest absolute Gasteiger partial charge is 0.193 e. The maximum absolute atomic E-state index is 13.5. The van der Waals surface area contributed by atoms with Gasteiger partial charge in [-0.05, 0) is 38.1 Å². The van der Waals surface area contributed by atoms with E-state index in [9.17, 15) is 8.78 Å². The molecule has 6 nitrogen and oxygen atoms in total. The number of benzene rings is 2. The van der Waals surface area contributed by atoms with Crippen molar-refractivity contribution in [1.29, 1.82) is 0 Å². The van der Waals surface area contributed by atoms with E-state index in [-0.39, 0.29) is 24.9 Å². The molecule has 0 fully saturated rings. The lowest BCUT2D eigenvalue weighted by Crippen LogP contribution is -2.24. The Morgan fingerprint density at radius 3 is 2.44 bits per heavy atom. The molecule has 0 atom stereocenters. The van der Waals surface area contributed by atoms with E-state index in [1.54, 1.807) is 18.2 Å². The fraction of sp³-hybridized carbons (Fsp3) is 0.316. The largest absolute Gasteiger partial charge is 0.494 e. The maximum atomic E-state index is 13.5. The van der Waals surface area contributed by atoms with Crippen molar-refractivity contribution in [2.75, 3.05) is 31.7 Å². The number of ether oxygens (including phenoxy) is 3. The molecule has 0 aliphatic carbocycles. The monoisotopic (exact) mass is 379 g/mol. The molecule has 0 bridgehead atoms. The molecule has 0 spiro atoms. The summed E-state index contributed by atoms with van der Waals surface area (Å²) >= 11 is 0. The van der Waals surface area contributed by atoms with E-state index in [1.807, 2.05) is 13.8 Å². The van der Waals surface area contributed by atoms with E-state index < -0.39 is 11.6 Å². The van der Waals surface area contributed by atoms with Gasteiger partial charge in [-0.1, -0.05) is 0 Å². The van der Waals surface area contributed by atoms with Crippen LogP contribution in [0.25, 0.3) is 0 Å². The van der Waals surface area contributed by atoms with Crippen LogP contribution in [0.2, 0.25) is 0 Å². The highest BCUT2D eigenvalue weighted by Crippen LogP contribution is 2.29. The van der Waals surface area contributed by atoms with Gasteiger partial charge >= 0.3 is 0 Å². The average molecular weight is 379 g/mol. The first-order chi connectivity index (χ1) is 13.0. The van der Waals surface area contributed by atoms with Gasteiger partial charge in [-0.25, -0.2) is 13.8 Å². The summed E-state index contributed by atoms with van der Waals surface area (Å²) in [7, 11) is 0.